The van der Waals surface area contributed by atoms with E-state index in [1.54, 1.807) is 0 Å². The second-order valence-electron chi connectivity index (χ2n) is 6.41. The fourth-order valence-electron chi connectivity index (χ4n) is 3.05. The molecule has 3 nitrogen and oxygen atoms in total. The van der Waals surface area contributed by atoms with Crippen molar-refractivity contribution in [3.8, 4) is 0 Å². The molecule has 0 bridgehead atoms. The number of nitrogens with zero attached hydrogens (tertiary/aromatic N) is 2. The van der Waals surface area contributed by atoms with E-state index in [0.29, 0.717) is 5.92 Å². The number of benzene rings is 1. The van der Waals surface area contributed by atoms with E-state index in [4.69, 9.17) is 0 Å². The average molecular weight is 274 g/mol. The lowest BCUT2D eigenvalue weighted by Crippen LogP contribution is -2.48. The molecule has 0 aromatic heterocycles. The molecule has 1 aliphatic carbocycles. The molecule has 1 heterocycles. The van der Waals surface area contributed by atoms with Gasteiger partial charge in [0.25, 0.3) is 0 Å². The molecule has 0 spiro atoms. The van der Waals surface area contributed by atoms with E-state index in [0.717, 1.165) is 39.3 Å². The third-order valence-electron chi connectivity index (χ3n) is 4.73. The summed E-state index contributed by atoms with van der Waals surface area (Å²) in [5.74, 6) is 0.597. The largest absolute Gasteiger partial charge is 0.392 e. The summed E-state index contributed by atoms with van der Waals surface area (Å²) >= 11 is 0. The van der Waals surface area contributed by atoms with Crippen molar-refractivity contribution < 1.29 is 5.11 Å². The van der Waals surface area contributed by atoms with Crippen LogP contribution in [0.5, 0.6) is 0 Å². The Kier molecular flexibility index (Phi) is 4.39. The fraction of sp³-hybridized carbons (Fsp3) is 0.647. The molecule has 1 aromatic carbocycles. The van der Waals surface area contributed by atoms with Gasteiger partial charge in [0.05, 0.1) is 6.10 Å². The van der Waals surface area contributed by atoms with E-state index in [1.165, 1.54) is 24.0 Å². The van der Waals surface area contributed by atoms with Crippen molar-refractivity contribution in [1.82, 2.24) is 9.80 Å². The lowest BCUT2D eigenvalue weighted by molar-refractivity contribution is 0.0601. The van der Waals surface area contributed by atoms with Gasteiger partial charge in [-0.3, -0.25) is 9.80 Å². The summed E-state index contributed by atoms with van der Waals surface area (Å²) < 4.78 is 0. The molecule has 110 valence electrons. The molecule has 20 heavy (non-hydrogen) atoms. The Hall–Kier alpha value is -0.900. The number of piperazine rings is 1. The molecule has 2 fully saturated rings. The Bertz CT molecular complexity index is 436. The first-order valence-electron chi connectivity index (χ1n) is 7.89. The minimum Gasteiger partial charge on any atom is -0.392 e. The highest BCUT2D eigenvalue weighted by molar-refractivity contribution is 5.25. The second kappa shape index (κ2) is 6.25. The van der Waals surface area contributed by atoms with Crippen LogP contribution in [0.25, 0.3) is 0 Å². The lowest BCUT2D eigenvalue weighted by atomic mass is 10.1. The van der Waals surface area contributed by atoms with Gasteiger partial charge in [0.1, 0.15) is 0 Å². The monoisotopic (exact) mass is 274 g/mol. The van der Waals surface area contributed by atoms with Crippen LogP contribution in [0.15, 0.2) is 24.3 Å². The van der Waals surface area contributed by atoms with E-state index >= 15 is 0 Å². The van der Waals surface area contributed by atoms with Gasteiger partial charge in [0, 0.05) is 39.3 Å². The highest BCUT2D eigenvalue weighted by Gasteiger charge is 2.31. The fourth-order valence-corrected chi connectivity index (χ4v) is 3.05. The van der Waals surface area contributed by atoms with Crippen molar-refractivity contribution in [1.29, 1.82) is 0 Å². The number of hydrogen-bond donors (Lipinski definition) is 1. The number of aryl methyl sites for hydroxylation is 1. The van der Waals surface area contributed by atoms with Crippen LogP contribution >= 0.6 is 0 Å². The Morgan fingerprint density at radius 1 is 1.10 bits per heavy atom. The Labute approximate surface area is 122 Å². The van der Waals surface area contributed by atoms with Gasteiger partial charge in [-0.2, -0.15) is 0 Å². The van der Waals surface area contributed by atoms with Crippen LogP contribution in [0.1, 0.15) is 24.0 Å². The van der Waals surface area contributed by atoms with Crippen molar-refractivity contribution in [2.75, 3.05) is 32.7 Å². The summed E-state index contributed by atoms with van der Waals surface area (Å²) in [6.45, 7) is 8.55. The highest BCUT2D eigenvalue weighted by Crippen LogP contribution is 2.32. The molecular weight excluding hydrogens is 248 g/mol. The van der Waals surface area contributed by atoms with Gasteiger partial charge >= 0.3 is 0 Å². The van der Waals surface area contributed by atoms with Gasteiger partial charge in [0.2, 0.25) is 0 Å². The van der Waals surface area contributed by atoms with E-state index in [-0.39, 0.29) is 6.10 Å². The van der Waals surface area contributed by atoms with Crippen LogP contribution in [-0.2, 0) is 6.54 Å². The number of aliphatic hydroxyl groups is 1. The van der Waals surface area contributed by atoms with Crippen molar-refractivity contribution >= 4 is 0 Å². The number of hydrogen-bond acceptors (Lipinski definition) is 3. The zero-order valence-corrected chi connectivity index (χ0v) is 12.5. The van der Waals surface area contributed by atoms with Gasteiger partial charge in [-0.15, -0.1) is 0 Å². The minimum atomic E-state index is -0.0853. The quantitative estimate of drug-likeness (QED) is 0.888. The van der Waals surface area contributed by atoms with E-state index in [2.05, 4.69) is 41.0 Å². The van der Waals surface area contributed by atoms with Gasteiger partial charge < -0.3 is 5.11 Å². The van der Waals surface area contributed by atoms with E-state index in [9.17, 15) is 5.11 Å². The van der Waals surface area contributed by atoms with Crippen LogP contribution < -0.4 is 0 Å². The molecule has 3 rings (SSSR count). The standard InChI is InChI=1S/C17H26N2O/c1-14-4-2-3-5-16(14)12-18-8-10-19(11-9-18)13-17(20)15-6-7-15/h2-5,15,17,20H,6-13H2,1H3/t17-/m1/s1. The van der Waals surface area contributed by atoms with Gasteiger partial charge in [0.15, 0.2) is 0 Å². The average Bonchev–Trinajstić information content (AvgIpc) is 3.28. The molecule has 2 aliphatic rings. The first kappa shape index (κ1) is 14.1. The Morgan fingerprint density at radius 3 is 2.40 bits per heavy atom. The van der Waals surface area contributed by atoms with Crippen LogP contribution in [0, 0.1) is 12.8 Å². The smallest absolute Gasteiger partial charge is 0.0695 e. The molecule has 1 atom stereocenters. The second-order valence-corrected chi connectivity index (χ2v) is 6.41. The van der Waals surface area contributed by atoms with Gasteiger partial charge in [-0.1, -0.05) is 24.3 Å². The maximum atomic E-state index is 10.0. The molecule has 1 N–H and O–H groups in total. The Morgan fingerprint density at radius 2 is 1.75 bits per heavy atom. The zero-order valence-electron chi connectivity index (χ0n) is 12.5. The van der Waals surface area contributed by atoms with E-state index in [1.807, 2.05) is 0 Å². The minimum absolute atomic E-state index is 0.0853. The van der Waals surface area contributed by atoms with Crippen LogP contribution in [0.2, 0.25) is 0 Å². The van der Waals surface area contributed by atoms with Gasteiger partial charge in [-0.25, -0.2) is 0 Å². The van der Waals surface area contributed by atoms with Crippen molar-refractivity contribution in [3.05, 3.63) is 35.4 Å². The van der Waals surface area contributed by atoms with Crippen molar-refractivity contribution in [3.63, 3.8) is 0 Å². The van der Waals surface area contributed by atoms with Crippen molar-refractivity contribution in [2.45, 2.75) is 32.4 Å². The van der Waals surface area contributed by atoms with Crippen LogP contribution in [0.3, 0.4) is 0 Å². The SMILES string of the molecule is Cc1ccccc1CN1CCN(C[C@@H](O)C2CC2)CC1. The predicted octanol–water partition coefficient (Wildman–Crippen LogP) is 1.88. The molecule has 1 aromatic rings. The number of aliphatic hydroxyl groups excluding tert-OH is 1. The third kappa shape index (κ3) is 3.60. The molecular formula is C17H26N2O. The van der Waals surface area contributed by atoms with Crippen molar-refractivity contribution in [2.24, 2.45) is 5.92 Å². The molecule has 1 saturated heterocycles. The van der Waals surface area contributed by atoms with Gasteiger partial charge in [-0.05, 0) is 36.8 Å². The molecule has 1 aliphatic heterocycles. The summed E-state index contributed by atoms with van der Waals surface area (Å²) in [5, 5.41) is 10.0. The summed E-state index contributed by atoms with van der Waals surface area (Å²) in [6.07, 6.45) is 2.38. The maximum Gasteiger partial charge on any atom is 0.0695 e. The summed E-state index contributed by atoms with van der Waals surface area (Å²) in [7, 11) is 0. The first-order chi connectivity index (χ1) is 9.72. The van der Waals surface area contributed by atoms with Crippen LogP contribution in [0.4, 0.5) is 0 Å². The predicted molar refractivity (Wildman–Crippen MR) is 81.6 cm³/mol. The maximum absolute atomic E-state index is 10.0. The summed E-state index contributed by atoms with van der Waals surface area (Å²) in [5.41, 5.74) is 2.83. The molecule has 3 heteroatoms. The van der Waals surface area contributed by atoms with E-state index < -0.39 is 0 Å². The third-order valence-corrected chi connectivity index (χ3v) is 4.73. The number of β-amino-alcohol motifs (C(OH)–C–C–N with tert-alkyl or cyclic N) is 1. The number of rotatable bonds is 5. The topological polar surface area (TPSA) is 26.7 Å². The molecule has 0 unspecified atom stereocenters. The lowest BCUT2D eigenvalue weighted by Gasteiger charge is -2.35. The molecule has 0 radical (unpaired) electrons. The zero-order chi connectivity index (χ0) is 13.9. The Balaban J connectivity index is 1.45. The summed E-state index contributed by atoms with van der Waals surface area (Å²) in [4.78, 5) is 4.96. The first-order valence-corrected chi connectivity index (χ1v) is 7.89. The molecule has 1 saturated carbocycles. The molecule has 0 amide bonds. The normalized spacial score (nSPS) is 22.9. The highest BCUT2D eigenvalue weighted by atomic mass is 16.3. The van der Waals surface area contributed by atoms with Crippen LogP contribution in [-0.4, -0.2) is 53.7 Å². The summed E-state index contributed by atoms with van der Waals surface area (Å²) in [6, 6.07) is 8.66.